The van der Waals surface area contributed by atoms with E-state index in [0.29, 0.717) is 5.92 Å². The average Bonchev–Trinajstić information content (AvgIpc) is 2.20. The lowest BCUT2D eigenvalue weighted by atomic mass is 10.1. The van der Waals surface area contributed by atoms with E-state index in [-0.39, 0.29) is 4.87 Å². The summed E-state index contributed by atoms with van der Waals surface area (Å²) >= 11 is 12.0. The third-order valence-electron chi connectivity index (χ3n) is 2.28. The van der Waals surface area contributed by atoms with E-state index in [1.165, 1.54) is 6.42 Å². The van der Waals surface area contributed by atoms with Gasteiger partial charge in [-0.05, 0) is 31.3 Å². The van der Waals surface area contributed by atoms with Gasteiger partial charge in [0.2, 0.25) is 0 Å². The molecule has 2 aliphatic carbocycles. The van der Waals surface area contributed by atoms with Gasteiger partial charge in [-0.2, -0.15) is 0 Å². The van der Waals surface area contributed by atoms with Gasteiger partial charge in [0.15, 0.2) is 0 Å². The molecule has 1 fully saturated rings. The van der Waals surface area contributed by atoms with E-state index in [1.807, 2.05) is 6.08 Å². The van der Waals surface area contributed by atoms with Crippen LogP contribution in [0.2, 0.25) is 0 Å². The second-order valence-corrected chi connectivity index (χ2v) is 4.19. The molecule has 0 aromatic carbocycles. The van der Waals surface area contributed by atoms with Crippen LogP contribution < -0.4 is 0 Å². The van der Waals surface area contributed by atoms with E-state index in [2.05, 4.69) is 0 Å². The van der Waals surface area contributed by atoms with Gasteiger partial charge in [0.25, 0.3) is 0 Å². The number of rotatable bonds is 0. The van der Waals surface area contributed by atoms with Crippen molar-refractivity contribution in [2.45, 2.75) is 24.1 Å². The minimum absolute atomic E-state index is 0.0399. The Kier molecular flexibility index (Phi) is 1.13. The Morgan fingerprint density at radius 1 is 1.67 bits per heavy atom. The van der Waals surface area contributed by atoms with E-state index in [1.54, 1.807) is 0 Å². The van der Waals surface area contributed by atoms with Crippen molar-refractivity contribution >= 4 is 23.2 Å². The summed E-state index contributed by atoms with van der Waals surface area (Å²) in [6, 6.07) is 0. The maximum absolute atomic E-state index is 6.13. The molecule has 0 aromatic heterocycles. The molecule has 2 bridgehead atoms. The molecule has 0 spiro atoms. The molecule has 0 N–H and O–H groups in total. The van der Waals surface area contributed by atoms with Gasteiger partial charge in [-0.25, -0.2) is 0 Å². The van der Waals surface area contributed by atoms with Gasteiger partial charge >= 0.3 is 0 Å². The predicted octanol–water partition coefficient (Wildman–Crippen LogP) is 2.90. The molecular weight excluding hydrogens is 155 g/mol. The number of hydrogen-bond acceptors (Lipinski definition) is 0. The van der Waals surface area contributed by atoms with Crippen molar-refractivity contribution in [2.75, 3.05) is 0 Å². The molecule has 50 valence electrons. The lowest BCUT2D eigenvalue weighted by molar-refractivity contribution is 0.686. The molecule has 0 aromatic rings. The highest BCUT2D eigenvalue weighted by Crippen LogP contribution is 2.51. The van der Waals surface area contributed by atoms with Crippen LogP contribution in [0, 0.1) is 5.92 Å². The maximum atomic E-state index is 6.13. The summed E-state index contributed by atoms with van der Waals surface area (Å²) in [6.45, 7) is 0. The summed E-state index contributed by atoms with van der Waals surface area (Å²) in [4.78, 5) is -0.0399. The number of allylic oxidation sites excluding steroid dienone is 2. The largest absolute Gasteiger partial charge is 0.115 e. The van der Waals surface area contributed by atoms with Crippen molar-refractivity contribution in [2.24, 2.45) is 5.92 Å². The second-order valence-electron chi connectivity index (χ2n) is 3.00. The zero-order valence-electron chi connectivity index (χ0n) is 5.03. The maximum Gasteiger partial charge on any atom is 0.0646 e. The summed E-state index contributed by atoms with van der Waals surface area (Å²) in [7, 11) is 0. The van der Waals surface area contributed by atoms with Gasteiger partial charge < -0.3 is 0 Å². The fourth-order valence-electron chi connectivity index (χ4n) is 1.76. The van der Waals surface area contributed by atoms with Gasteiger partial charge in [0.05, 0.1) is 4.87 Å². The van der Waals surface area contributed by atoms with Crippen LogP contribution in [0.15, 0.2) is 11.1 Å². The molecular formula is C7H8Cl2. The predicted molar refractivity (Wildman–Crippen MR) is 39.9 cm³/mol. The summed E-state index contributed by atoms with van der Waals surface area (Å²) in [5.41, 5.74) is 0. The zero-order chi connectivity index (χ0) is 6.48. The van der Waals surface area contributed by atoms with Crippen molar-refractivity contribution in [1.29, 1.82) is 0 Å². The van der Waals surface area contributed by atoms with Crippen LogP contribution in [0.3, 0.4) is 0 Å². The Bertz CT molecular complexity index is 174. The quantitative estimate of drug-likeness (QED) is 0.481. The van der Waals surface area contributed by atoms with E-state index >= 15 is 0 Å². The highest BCUT2D eigenvalue weighted by molar-refractivity contribution is 6.33. The first kappa shape index (κ1) is 6.06. The molecule has 0 radical (unpaired) electrons. The number of halogens is 2. The van der Waals surface area contributed by atoms with Gasteiger partial charge in [0.1, 0.15) is 0 Å². The Hall–Kier alpha value is 0.320. The second kappa shape index (κ2) is 1.67. The summed E-state index contributed by atoms with van der Waals surface area (Å²) < 4.78 is 0. The minimum Gasteiger partial charge on any atom is -0.115 e. The number of fused-ring (bicyclic) bond motifs is 2. The summed E-state index contributed by atoms with van der Waals surface area (Å²) in [6.07, 6.45) is 5.41. The Morgan fingerprint density at radius 3 is 2.67 bits per heavy atom. The normalized spacial score (nSPS) is 47.8. The monoisotopic (exact) mass is 162 g/mol. The highest BCUT2D eigenvalue weighted by atomic mass is 35.5. The van der Waals surface area contributed by atoms with E-state index in [9.17, 15) is 0 Å². The van der Waals surface area contributed by atoms with Gasteiger partial charge in [-0.1, -0.05) is 11.6 Å². The molecule has 0 nitrogen and oxygen atoms in total. The fourth-order valence-corrected chi connectivity index (χ4v) is 2.62. The molecule has 1 saturated carbocycles. The van der Waals surface area contributed by atoms with Gasteiger partial charge in [-0.15, -0.1) is 11.6 Å². The molecule has 2 rings (SSSR count). The van der Waals surface area contributed by atoms with Crippen LogP contribution in [0.1, 0.15) is 19.3 Å². The first-order chi connectivity index (χ1) is 4.20. The average molecular weight is 163 g/mol. The smallest absolute Gasteiger partial charge is 0.0646 e. The van der Waals surface area contributed by atoms with E-state index < -0.39 is 0 Å². The van der Waals surface area contributed by atoms with Crippen LogP contribution in [0.25, 0.3) is 0 Å². The summed E-state index contributed by atoms with van der Waals surface area (Å²) in [5.74, 6) is 0.601. The first-order valence-electron chi connectivity index (χ1n) is 3.27. The zero-order valence-corrected chi connectivity index (χ0v) is 6.54. The highest BCUT2D eigenvalue weighted by Gasteiger charge is 2.42. The number of alkyl halides is 1. The van der Waals surface area contributed by atoms with E-state index in [4.69, 9.17) is 23.2 Å². The third-order valence-corrected chi connectivity index (χ3v) is 3.15. The first-order valence-corrected chi connectivity index (χ1v) is 4.02. The van der Waals surface area contributed by atoms with Crippen LogP contribution in [0.4, 0.5) is 0 Å². The van der Waals surface area contributed by atoms with Crippen LogP contribution in [-0.2, 0) is 0 Å². The van der Waals surface area contributed by atoms with Crippen molar-refractivity contribution in [3.63, 3.8) is 0 Å². The summed E-state index contributed by atoms with van der Waals surface area (Å²) in [5, 5.41) is 0.997. The van der Waals surface area contributed by atoms with Crippen LogP contribution in [0.5, 0.6) is 0 Å². The molecule has 2 heteroatoms. The molecule has 0 aliphatic heterocycles. The number of hydrogen-bond donors (Lipinski definition) is 0. The Balaban J connectivity index is 2.35. The molecule has 9 heavy (non-hydrogen) atoms. The molecule has 2 unspecified atom stereocenters. The lowest BCUT2D eigenvalue weighted by Gasteiger charge is -2.12. The lowest BCUT2D eigenvalue weighted by Crippen LogP contribution is -2.08. The molecule has 0 saturated heterocycles. The van der Waals surface area contributed by atoms with Crippen molar-refractivity contribution in [3.05, 3.63) is 11.1 Å². The SMILES string of the molecule is ClC1=CC2(Cl)CCC1C2. The minimum atomic E-state index is -0.0399. The van der Waals surface area contributed by atoms with Crippen molar-refractivity contribution in [3.8, 4) is 0 Å². The third kappa shape index (κ3) is 0.805. The van der Waals surface area contributed by atoms with Crippen LogP contribution >= 0.6 is 23.2 Å². The Labute approximate surface area is 64.8 Å². The standard InChI is InChI=1S/C7H8Cl2/c8-6-4-7(9)2-1-5(6)3-7/h4-5H,1-3H2. The van der Waals surface area contributed by atoms with Crippen molar-refractivity contribution in [1.82, 2.24) is 0 Å². The van der Waals surface area contributed by atoms with Crippen LogP contribution in [-0.4, -0.2) is 4.87 Å². The van der Waals surface area contributed by atoms with Gasteiger partial charge in [-0.3, -0.25) is 0 Å². The molecule has 0 amide bonds. The Morgan fingerprint density at radius 2 is 2.44 bits per heavy atom. The molecule has 2 atom stereocenters. The van der Waals surface area contributed by atoms with E-state index in [0.717, 1.165) is 17.9 Å². The topological polar surface area (TPSA) is 0 Å². The van der Waals surface area contributed by atoms with Crippen molar-refractivity contribution < 1.29 is 0 Å². The molecule has 2 aliphatic rings. The fraction of sp³-hybridized carbons (Fsp3) is 0.714. The van der Waals surface area contributed by atoms with Gasteiger partial charge in [0, 0.05) is 5.03 Å². The molecule has 0 heterocycles.